The summed E-state index contributed by atoms with van der Waals surface area (Å²) in [6.07, 6.45) is 7.96. The predicted molar refractivity (Wildman–Crippen MR) is 75.5 cm³/mol. The van der Waals surface area contributed by atoms with E-state index in [4.69, 9.17) is 4.74 Å². The van der Waals surface area contributed by atoms with E-state index in [9.17, 15) is 0 Å². The van der Waals surface area contributed by atoms with Crippen LogP contribution in [0.15, 0.2) is 12.4 Å². The third-order valence-corrected chi connectivity index (χ3v) is 4.15. The van der Waals surface area contributed by atoms with Crippen LogP contribution in [-0.2, 0) is 4.74 Å². The topological polar surface area (TPSA) is 50.3 Å². The Bertz CT molecular complexity index is 420. The molecule has 5 nitrogen and oxygen atoms in total. The minimum Gasteiger partial charge on any atom is -0.381 e. The summed E-state index contributed by atoms with van der Waals surface area (Å²) in [6, 6.07) is 2.55. The summed E-state index contributed by atoms with van der Waals surface area (Å²) < 4.78 is 5.40. The molecule has 2 unspecified atom stereocenters. The lowest BCUT2D eigenvalue weighted by Gasteiger charge is -2.18. The molecule has 5 heteroatoms. The van der Waals surface area contributed by atoms with Crippen LogP contribution in [0.5, 0.6) is 0 Å². The van der Waals surface area contributed by atoms with Gasteiger partial charge in [0, 0.05) is 32.3 Å². The summed E-state index contributed by atoms with van der Waals surface area (Å²) in [4.78, 5) is 11.0. The summed E-state index contributed by atoms with van der Waals surface area (Å²) in [5, 5.41) is 3.51. The van der Waals surface area contributed by atoms with Gasteiger partial charge in [-0.15, -0.1) is 0 Å². The van der Waals surface area contributed by atoms with Crippen molar-refractivity contribution < 1.29 is 4.74 Å². The molecular formula is C14H22N4O. The fraction of sp³-hybridized carbons (Fsp3) is 0.714. The van der Waals surface area contributed by atoms with Gasteiger partial charge in [-0.2, -0.15) is 0 Å². The van der Waals surface area contributed by atoms with Crippen molar-refractivity contribution in [3.63, 3.8) is 0 Å². The monoisotopic (exact) mass is 262 g/mol. The summed E-state index contributed by atoms with van der Waals surface area (Å²) in [5.74, 6) is 2.00. The normalized spacial score (nSPS) is 26.9. The van der Waals surface area contributed by atoms with Crippen molar-refractivity contribution in [2.75, 3.05) is 30.4 Å². The molecule has 1 saturated heterocycles. The molecule has 0 spiro atoms. The molecule has 1 aromatic heterocycles. The number of ether oxygens (including phenoxy) is 1. The highest BCUT2D eigenvalue weighted by molar-refractivity contribution is 5.49. The third kappa shape index (κ3) is 2.97. The highest BCUT2D eigenvalue weighted by atomic mass is 16.5. The smallest absolute Gasteiger partial charge is 0.134 e. The minimum absolute atomic E-state index is 0.400. The summed E-state index contributed by atoms with van der Waals surface area (Å²) in [7, 11) is 1.79. The van der Waals surface area contributed by atoms with Gasteiger partial charge in [-0.05, 0) is 32.1 Å². The van der Waals surface area contributed by atoms with Crippen LogP contribution in [0, 0.1) is 0 Å². The van der Waals surface area contributed by atoms with E-state index in [0.29, 0.717) is 12.1 Å². The molecule has 2 aliphatic rings. The van der Waals surface area contributed by atoms with Gasteiger partial charge in [-0.3, -0.25) is 0 Å². The van der Waals surface area contributed by atoms with Gasteiger partial charge >= 0.3 is 0 Å². The molecule has 1 N–H and O–H groups in total. The zero-order valence-corrected chi connectivity index (χ0v) is 11.5. The Hall–Kier alpha value is -1.36. The Labute approximate surface area is 114 Å². The van der Waals surface area contributed by atoms with Gasteiger partial charge in [0.2, 0.25) is 0 Å². The largest absolute Gasteiger partial charge is 0.381 e. The van der Waals surface area contributed by atoms with Crippen LogP contribution in [0.2, 0.25) is 0 Å². The van der Waals surface area contributed by atoms with Gasteiger partial charge in [0.25, 0.3) is 0 Å². The highest BCUT2D eigenvalue weighted by Crippen LogP contribution is 2.25. The first-order chi connectivity index (χ1) is 9.35. The van der Waals surface area contributed by atoms with Crippen molar-refractivity contribution in [1.29, 1.82) is 0 Å². The van der Waals surface area contributed by atoms with Crippen LogP contribution in [0.4, 0.5) is 11.6 Å². The Balaban J connectivity index is 1.63. The van der Waals surface area contributed by atoms with Crippen LogP contribution in [0.1, 0.15) is 32.1 Å². The zero-order chi connectivity index (χ0) is 13.1. The molecule has 3 rings (SSSR count). The van der Waals surface area contributed by atoms with Crippen LogP contribution in [-0.4, -0.2) is 42.3 Å². The van der Waals surface area contributed by atoms with Gasteiger partial charge < -0.3 is 15.0 Å². The van der Waals surface area contributed by atoms with Crippen molar-refractivity contribution in [1.82, 2.24) is 9.97 Å². The number of rotatable bonds is 4. The molecule has 2 fully saturated rings. The van der Waals surface area contributed by atoms with E-state index < -0.39 is 0 Å². The lowest BCUT2D eigenvalue weighted by Crippen LogP contribution is -2.21. The maximum absolute atomic E-state index is 5.40. The Morgan fingerprint density at radius 3 is 2.84 bits per heavy atom. The van der Waals surface area contributed by atoms with Crippen LogP contribution < -0.4 is 10.2 Å². The number of hydrogen-bond acceptors (Lipinski definition) is 5. The molecule has 1 aromatic rings. The van der Waals surface area contributed by atoms with Crippen LogP contribution in [0.25, 0.3) is 0 Å². The molecule has 0 aromatic carbocycles. The number of hydrogen-bond donors (Lipinski definition) is 1. The van der Waals surface area contributed by atoms with Gasteiger partial charge in [0.05, 0.1) is 6.10 Å². The highest BCUT2D eigenvalue weighted by Gasteiger charge is 2.24. The van der Waals surface area contributed by atoms with Crippen LogP contribution in [0.3, 0.4) is 0 Å². The first kappa shape index (κ1) is 12.7. The quantitative estimate of drug-likeness (QED) is 0.900. The molecule has 1 aliphatic carbocycles. The van der Waals surface area contributed by atoms with Gasteiger partial charge in [0.1, 0.15) is 18.0 Å². The standard InChI is InChI=1S/C14H22N4O/c1-19-12-5-4-11(8-12)17-13-9-14(16-10-15-13)18-6-2-3-7-18/h9-12H,2-8H2,1H3,(H,15,16,17). The first-order valence-corrected chi connectivity index (χ1v) is 7.21. The molecule has 2 atom stereocenters. The minimum atomic E-state index is 0.400. The Kier molecular flexibility index (Phi) is 3.82. The second kappa shape index (κ2) is 5.74. The molecule has 0 radical (unpaired) electrons. The average molecular weight is 262 g/mol. The Morgan fingerprint density at radius 1 is 1.26 bits per heavy atom. The van der Waals surface area contributed by atoms with Crippen molar-refractivity contribution in [2.45, 2.75) is 44.2 Å². The van der Waals surface area contributed by atoms with Gasteiger partial charge in [0.15, 0.2) is 0 Å². The fourth-order valence-electron chi connectivity index (χ4n) is 3.04. The van der Waals surface area contributed by atoms with E-state index in [1.54, 1.807) is 13.4 Å². The number of nitrogens with one attached hydrogen (secondary N) is 1. The lowest BCUT2D eigenvalue weighted by atomic mass is 10.2. The fourth-order valence-corrected chi connectivity index (χ4v) is 3.04. The first-order valence-electron chi connectivity index (χ1n) is 7.21. The van der Waals surface area contributed by atoms with E-state index in [2.05, 4.69) is 26.3 Å². The van der Waals surface area contributed by atoms with E-state index in [0.717, 1.165) is 44.0 Å². The molecule has 1 aliphatic heterocycles. The zero-order valence-electron chi connectivity index (χ0n) is 11.5. The molecule has 0 bridgehead atoms. The second-order valence-electron chi connectivity index (χ2n) is 5.47. The predicted octanol–water partition coefficient (Wildman–Crippen LogP) is 2.06. The molecular weight excluding hydrogens is 240 g/mol. The number of aromatic nitrogens is 2. The van der Waals surface area contributed by atoms with Gasteiger partial charge in [-0.1, -0.05) is 0 Å². The second-order valence-corrected chi connectivity index (χ2v) is 5.47. The third-order valence-electron chi connectivity index (χ3n) is 4.15. The van der Waals surface area contributed by atoms with Crippen molar-refractivity contribution >= 4 is 11.6 Å². The van der Waals surface area contributed by atoms with Crippen molar-refractivity contribution in [3.05, 3.63) is 12.4 Å². The maximum Gasteiger partial charge on any atom is 0.134 e. The van der Waals surface area contributed by atoms with Gasteiger partial charge in [-0.25, -0.2) is 9.97 Å². The van der Waals surface area contributed by atoms with Crippen molar-refractivity contribution in [3.8, 4) is 0 Å². The SMILES string of the molecule is COC1CCC(Nc2cc(N3CCCC3)ncn2)C1. The van der Waals surface area contributed by atoms with E-state index in [-0.39, 0.29) is 0 Å². The van der Waals surface area contributed by atoms with E-state index in [1.165, 1.54) is 12.8 Å². The Morgan fingerprint density at radius 2 is 2.11 bits per heavy atom. The molecule has 2 heterocycles. The summed E-state index contributed by atoms with van der Waals surface area (Å²) in [6.45, 7) is 2.23. The van der Waals surface area contributed by atoms with E-state index >= 15 is 0 Å². The molecule has 104 valence electrons. The summed E-state index contributed by atoms with van der Waals surface area (Å²) in [5.41, 5.74) is 0. The number of methoxy groups -OCH3 is 1. The van der Waals surface area contributed by atoms with Crippen LogP contribution >= 0.6 is 0 Å². The lowest BCUT2D eigenvalue weighted by molar-refractivity contribution is 0.108. The van der Waals surface area contributed by atoms with Crippen molar-refractivity contribution in [2.24, 2.45) is 0 Å². The number of nitrogens with zero attached hydrogens (tertiary/aromatic N) is 3. The maximum atomic E-state index is 5.40. The molecule has 0 amide bonds. The number of anilines is 2. The molecule has 1 saturated carbocycles. The summed E-state index contributed by atoms with van der Waals surface area (Å²) >= 11 is 0. The molecule has 19 heavy (non-hydrogen) atoms. The van der Waals surface area contributed by atoms with E-state index in [1.807, 2.05) is 0 Å². The average Bonchev–Trinajstić information content (AvgIpc) is 3.10.